The number of rotatable bonds is 7. The predicted octanol–water partition coefficient (Wildman–Crippen LogP) is 3.40. The number of nitrogens with one attached hydrogen (secondary N) is 1. The van der Waals surface area contributed by atoms with Crippen LogP contribution in [0.1, 0.15) is 31.7 Å². The molecule has 19 heavy (non-hydrogen) atoms. The molecule has 0 saturated carbocycles. The highest BCUT2D eigenvalue weighted by molar-refractivity contribution is 6.30. The van der Waals surface area contributed by atoms with Gasteiger partial charge in [0.1, 0.15) is 5.75 Å². The van der Waals surface area contributed by atoms with E-state index in [1.807, 2.05) is 18.2 Å². The summed E-state index contributed by atoms with van der Waals surface area (Å²) >= 11 is 6.05. The van der Waals surface area contributed by atoms with Crippen LogP contribution in [0.25, 0.3) is 0 Å². The number of hydrogen-bond donors (Lipinski definition) is 1. The highest BCUT2D eigenvalue weighted by Crippen LogP contribution is 2.23. The van der Waals surface area contributed by atoms with Crippen molar-refractivity contribution in [1.29, 1.82) is 0 Å². The Morgan fingerprint density at radius 1 is 1.47 bits per heavy atom. The van der Waals surface area contributed by atoms with Crippen molar-refractivity contribution in [2.24, 2.45) is 0 Å². The van der Waals surface area contributed by atoms with Gasteiger partial charge in [-0.15, -0.1) is 0 Å². The van der Waals surface area contributed by atoms with Crippen LogP contribution < -0.4 is 10.1 Å². The maximum Gasteiger partial charge on any atom is 0.123 e. The Labute approximate surface area is 120 Å². The number of ether oxygens (including phenoxy) is 2. The molecule has 1 heterocycles. The summed E-state index contributed by atoms with van der Waals surface area (Å²) in [5.74, 6) is 0.922. The van der Waals surface area contributed by atoms with Gasteiger partial charge in [0, 0.05) is 30.3 Å². The first kappa shape index (κ1) is 14.6. The van der Waals surface area contributed by atoms with Gasteiger partial charge in [-0.3, -0.25) is 0 Å². The summed E-state index contributed by atoms with van der Waals surface area (Å²) in [5.41, 5.74) is 1.11. The minimum Gasteiger partial charge on any atom is -0.493 e. The molecule has 2 rings (SSSR count). The van der Waals surface area contributed by atoms with E-state index in [1.54, 1.807) is 0 Å². The van der Waals surface area contributed by atoms with Gasteiger partial charge in [-0.05, 0) is 37.5 Å². The van der Waals surface area contributed by atoms with Crippen molar-refractivity contribution >= 4 is 11.6 Å². The van der Waals surface area contributed by atoms with E-state index in [0.717, 1.165) is 55.5 Å². The molecule has 106 valence electrons. The maximum atomic E-state index is 6.05. The average molecular weight is 284 g/mol. The third-order valence-corrected chi connectivity index (χ3v) is 3.43. The first-order chi connectivity index (χ1) is 9.29. The van der Waals surface area contributed by atoms with E-state index in [1.165, 1.54) is 6.42 Å². The van der Waals surface area contributed by atoms with E-state index in [0.29, 0.717) is 6.10 Å². The third kappa shape index (κ3) is 4.68. The molecule has 1 aliphatic heterocycles. The van der Waals surface area contributed by atoms with Crippen molar-refractivity contribution in [2.75, 3.05) is 19.8 Å². The molecule has 0 bridgehead atoms. The summed E-state index contributed by atoms with van der Waals surface area (Å²) in [6.45, 7) is 5.39. The van der Waals surface area contributed by atoms with Crippen LogP contribution in [0.5, 0.6) is 5.75 Å². The molecule has 0 radical (unpaired) electrons. The second-order valence-corrected chi connectivity index (χ2v) is 5.30. The molecule has 0 unspecified atom stereocenters. The van der Waals surface area contributed by atoms with Crippen LogP contribution in [0.2, 0.25) is 5.02 Å². The lowest BCUT2D eigenvalue weighted by Gasteiger charge is -2.14. The van der Waals surface area contributed by atoms with E-state index < -0.39 is 0 Å². The largest absolute Gasteiger partial charge is 0.493 e. The first-order valence-corrected chi connectivity index (χ1v) is 7.41. The van der Waals surface area contributed by atoms with Crippen LogP contribution in [-0.2, 0) is 11.3 Å². The standard InChI is InChI=1S/C15H22ClNO2/c1-2-7-19-15-6-5-13(16)9-12(15)10-17-11-14-4-3-8-18-14/h5-6,9,14,17H,2-4,7-8,10-11H2,1H3/t14-/m0/s1. The molecule has 1 N–H and O–H groups in total. The van der Waals surface area contributed by atoms with Crippen molar-refractivity contribution in [1.82, 2.24) is 5.32 Å². The molecule has 1 aromatic rings. The Bertz CT molecular complexity index is 392. The van der Waals surface area contributed by atoms with Crippen molar-refractivity contribution in [3.8, 4) is 5.75 Å². The van der Waals surface area contributed by atoms with Crippen molar-refractivity contribution in [3.63, 3.8) is 0 Å². The fraction of sp³-hybridized carbons (Fsp3) is 0.600. The summed E-state index contributed by atoms with van der Waals surface area (Å²) in [4.78, 5) is 0. The summed E-state index contributed by atoms with van der Waals surface area (Å²) in [6, 6.07) is 5.78. The van der Waals surface area contributed by atoms with Gasteiger partial charge in [0.05, 0.1) is 12.7 Å². The highest BCUT2D eigenvalue weighted by atomic mass is 35.5. The highest BCUT2D eigenvalue weighted by Gasteiger charge is 2.15. The zero-order valence-corrected chi connectivity index (χ0v) is 12.2. The van der Waals surface area contributed by atoms with Gasteiger partial charge >= 0.3 is 0 Å². The van der Waals surface area contributed by atoms with Gasteiger partial charge in [0.15, 0.2) is 0 Å². The molecule has 1 saturated heterocycles. The van der Waals surface area contributed by atoms with Crippen LogP contribution in [0.15, 0.2) is 18.2 Å². The lowest BCUT2D eigenvalue weighted by atomic mass is 10.2. The second kappa shape index (κ2) is 7.73. The maximum absolute atomic E-state index is 6.05. The minimum atomic E-state index is 0.360. The lowest BCUT2D eigenvalue weighted by molar-refractivity contribution is 0.110. The molecule has 3 nitrogen and oxygen atoms in total. The van der Waals surface area contributed by atoms with Crippen LogP contribution in [0, 0.1) is 0 Å². The average Bonchev–Trinajstić information content (AvgIpc) is 2.91. The Hall–Kier alpha value is -0.770. The van der Waals surface area contributed by atoms with Crippen LogP contribution in [0.4, 0.5) is 0 Å². The van der Waals surface area contributed by atoms with Gasteiger partial charge in [0.25, 0.3) is 0 Å². The topological polar surface area (TPSA) is 30.5 Å². The summed E-state index contributed by atoms with van der Waals surface area (Å²) < 4.78 is 11.3. The normalized spacial score (nSPS) is 18.7. The zero-order chi connectivity index (χ0) is 13.5. The summed E-state index contributed by atoms with van der Waals surface area (Å²) in [6.07, 6.45) is 3.70. The summed E-state index contributed by atoms with van der Waals surface area (Å²) in [5, 5.41) is 4.17. The van der Waals surface area contributed by atoms with Gasteiger partial charge in [-0.1, -0.05) is 18.5 Å². The minimum absolute atomic E-state index is 0.360. The zero-order valence-electron chi connectivity index (χ0n) is 11.5. The monoisotopic (exact) mass is 283 g/mol. The van der Waals surface area contributed by atoms with Gasteiger partial charge in [0.2, 0.25) is 0 Å². The molecular weight excluding hydrogens is 262 g/mol. The fourth-order valence-corrected chi connectivity index (χ4v) is 2.41. The fourth-order valence-electron chi connectivity index (χ4n) is 2.21. The molecule has 1 aromatic carbocycles. The van der Waals surface area contributed by atoms with Crippen molar-refractivity contribution in [2.45, 2.75) is 38.8 Å². The smallest absolute Gasteiger partial charge is 0.123 e. The second-order valence-electron chi connectivity index (χ2n) is 4.87. The van der Waals surface area contributed by atoms with E-state index in [2.05, 4.69) is 12.2 Å². The molecule has 1 atom stereocenters. The van der Waals surface area contributed by atoms with E-state index in [4.69, 9.17) is 21.1 Å². The number of benzene rings is 1. The van der Waals surface area contributed by atoms with E-state index in [-0.39, 0.29) is 0 Å². The van der Waals surface area contributed by atoms with Gasteiger partial charge in [-0.2, -0.15) is 0 Å². The quantitative estimate of drug-likeness (QED) is 0.832. The molecular formula is C15H22ClNO2. The van der Waals surface area contributed by atoms with Crippen molar-refractivity contribution < 1.29 is 9.47 Å². The Balaban J connectivity index is 1.87. The predicted molar refractivity (Wildman–Crippen MR) is 77.9 cm³/mol. The summed E-state index contributed by atoms with van der Waals surface area (Å²) in [7, 11) is 0. The number of hydrogen-bond acceptors (Lipinski definition) is 3. The number of halogens is 1. The van der Waals surface area contributed by atoms with Crippen LogP contribution >= 0.6 is 11.6 Å². The van der Waals surface area contributed by atoms with E-state index in [9.17, 15) is 0 Å². The Kier molecular flexibility index (Phi) is 5.95. The van der Waals surface area contributed by atoms with E-state index >= 15 is 0 Å². The molecule has 0 aromatic heterocycles. The molecule has 0 aliphatic carbocycles. The first-order valence-electron chi connectivity index (χ1n) is 7.03. The molecule has 0 amide bonds. The SMILES string of the molecule is CCCOc1ccc(Cl)cc1CNC[C@@H]1CCCO1. The third-order valence-electron chi connectivity index (χ3n) is 3.20. The molecule has 1 aliphatic rings. The Morgan fingerprint density at radius 2 is 2.37 bits per heavy atom. The lowest BCUT2D eigenvalue weighted by Crippen LogP contribution is -2.26. The van der Waals surface area contributed by atoms with Gasteiger partial charge < -0.3 is 14.8 Å². The molecule has 0 spiro atoms. The van der Waals surface area contributed by atoms with Gasteiger partial charge in [-0.25, -0.2) is 0 Å². The molecule has 4 heteroatoms. The molecule has 1 fully saturated rings. The van der Waals surface area contributed by atoms with Crippen molar-refractivity contribution in [3.05, 3.63) is 28.8 Å². The van der Waals surface area contributed by atoms with Crippen LogP contribution in [0.3, 0.4) is 0 Å². The Morgan fingerprint density at radius 3 is 3.11 bits per heavy atom. The van der Waals surface area contributed by atoms with Crippen LogP contribution in [-0.4, -0.2) is 25.9 Å².